The first-order chi connectivity index (χ1) is 17.0. The van der Waals surface area contributed by atoms with E-state index >= 15 is 0 Å². The Kier molecular flexibility index (Phi) is 10.2. The van der Waals surface area contributed by atoms with Crippen LogP contribution in [0, 0.1) is 5.92 Å². The van der Waals surface area contributed by atoms with Gasteiger partial charge in [-0.2, -0.15) is 0 Å². The van der Waals surface area contributed by atoms with Crippen LogP contribution >= 0.6 is 0 Å². The number of amides is 2. The minimum absolute atomic E-state index is 0.376. The molecule has 36 heavy (non-hydrogen) atoms. The zero-order chi connectivity index (χ0) is 26.8. The number of oxime groups is 1. The molecule has 0 unspecified atom stereocenters. The monoisotopic (exact) mass is 507 g/mol. The van der Waals surface area contributed by atoms with Crippen molar-refractivity contribution in [2.24, 2.45) is 11.1 Å². The van der Waals surface area contributed by atoms with E-state index in [-0.39, 0.29) is 5.90 Å². The summed E-state index contributed by atoms with van der Waals surface area (Å²) >= 11 is 0. The molecular formula is C23H29N3O10. The van der Waals surface area contributed by atoms with E-state index in [1.165, 1.54) is 0 Å². The first-order valence-corrected chi connectivity index (χ1v) is 11.0. The van der Waals surface area contributed by atoms with Crippen LogP contribution in [0.15, 0.2) is 35.5 Å². The van der Waals surface area contributed by atoms with Crippen molar-refractivity contribution in [2.75, 3.05) is 11.9 Å². The lowest BCUT2D eigenvalue weighted by Gasteiger charge is -2.41. The normalized spacial score (nSPS) is 22.1. The number of hydrogen-bond donors (Lipinski definition) is 2. The molecule has 1 aliphatic rings. The number of carbonyl (C=O) groups excluding carboxylic acids is 5. The van der Waals surface area contributed by atoms with Crippen LogP contribution in [0.2, 0.25) is 0 Å². The number of hydrogen-bond acceptors (Lipinski definition) is 11. The molecule has 2 amide bonds. The summed E-state index contributed by atoms with van der Waals surface area (Å²) in [7, 11) is 0. The van der Waals surface area contributed by atoms with Crippen LogP contribution in [0.25, 0.3) is 0 Å². The maximum Gasteiger partial charge on any atom is 0.437 e. The molecule has 2 N–H and O–H groups in total. The molecule has 0 aliphatic carbocycles. The number of anilines is 1. The van der Waals surface area contributed by atoms with E-state index in [0.717, 1.165) is 20.8 Å². The maximum absolute atomic E-state index is 12.5. The third kappa shape index (κ3) is 8.56. The fourth-order valence-electron chi connectivity index (χ4n) is 3.12. The van der Waals surface area contributed by atoms with Gasteiger partial charge in [-0.15, -0.1) is 0 Å². The molecule has 196 valence electrons. The first-order valence-electron chi connectivity index (χ1n) is 11.0. The molecule has 0 saturated carbocycles. The Bertz CT molecular complexity index is 995. The predicted octanol–water partition coefficient (Wildman–Crippen LogP) is 1.51. The Morgan fingerprint density at radius 2 is 1.56 bits per heavy atom. The Balaban J connectivity index is 2.43. The van der Waals surface area contributed by atoms with Crippen LogP contribution in [-0.2, 0) is 43.0 Å². The summed E-state index contributed by atoms with van der Waals surface area (Å²) in [6.45, 7) is 6.20. The van der Waals surface area contributed by atoms with Gasteiger partial charge in [0.15, 0.2) is 18.3 Å². The molecule has 1 fully saturated rings. The van der Waals surface area contributed by atoms with Crippen LogP contribution in [0.4, 0.5) is 10.5 Å². The van der Waals surface area contributed by atoms with Crippen LogP contribution in [0.5, 0.6) is 0 Å². The Labute approximate surface area is 207 Å². The van der Waals surface area contributed by atoms with Crippen molar-refractivity contribution in [1.82, 2.24) is 5.32 Å². The highest BCUT2D eigenvalue weighted by atomic mass is 16.7. The molecule has 4 atom stereocenters. The van der Waals surface area contributed by atoms with Gasteiger partial charge in [0.05, 0.1) is 0 Å². The second kappa shape index (κ2) is 13.1. The van der Waals surface area contributed by atoms with Crippen molar-refractivity contribution >= 4 is 41.5 Å². The molecule has 1 aliphatic heterocycles. The van der Waals surface area contributed by atoms with Gasteiger partial charge in [-0.05, 0) is 17.3 Å². The van der Waals surface area contributed by atoms with E-state index in [9.17, 15) is 24.0 Å². The lowest BCUT2D eigenvalue weighted by atomic mass is 9.96. The minimum atomic E-state index is -1.36. The number of benzene rings is 1. The predicted molar refractivity (Wildman–Crippen MR) is 123 cm³/mol. The smallest absolute Gasteiger partial charge is 0.437 e. The van der Waals surface area contributed by atoms with Gasteiger partial charge < -0.3 is 24.3 Å². The first kappa shape index (κ1) is 28.1. The average molecular weight is 507 g/mol. The molecule has 1 saturated heterocycles. The van der Waals surface area contributed by atoms with E-state index in [1.54, 1.807) is 44.2 Å². The fraction of sp³-hybridized carbons (Fsp3) is 0.478. The van der Waals surface area contributed by atoms with Gasteiger partial charge in [0, 0.05) is 32.4 Å². The van der Waals surface area contributed by atoms with Gasteiger partial charge in [0.2, 0.25) is 5.91 Å². The topological polar surface area (TPSA) is 168 Å². The molecule has 0 aromatic heterocycles. The number of rotatable bonds is 8. The number of nitrogens with one attached hydrogen (secondary N) is 2. The Morgan fingerprint density at radius 3 is 2.11 bits per heavy atom. The number of carbonyl (C=O) groups is 5. The van der Waals surface area contributed by atoms with Crippen molar-refractivity contribution < 1.29 is 47.8 Å². The number of nitrogens with zero attached hydrogens (tertiary/aromatic N) is 1. The highest BCUT2D eigenvalue weighted by molar-refractivity contribution is 5.91. The largest absolute Gasteiger partial charge is 0.466 e. The van der Waals surface area contributed by atoms with Crippen LogP contribution in [0.1, 0.15) is 34.6 Å². The van der Waals surface area contributed by atoms with Crippen molar-refractivity contribution in [2.45, 2.75) is 59.0 Å². The van der Waals surface area contributed by atoms with E-state index in [1.807, 2.05) is 0 Å². The molecule has 1 aromatic rings. The zero-order valence-corrected chi connectivity index (χ0v) is 20.5. The van der Waals surface area contributed by atoms with Crippen molar-refractivity contribution in [1.29, 1.82) is 0 Å². The number of para-hydroxylation sites is 1. The highest BCUT2D eigenvalue weighted by Crippen LogP contribution is 2.25. The minimum Gasteiger partial charge on any atom is -0.466 e. The quantitative estimate of drug-likeness (QED) is 0.228. The van der Waals surface area contributed by atoms with Crippen molar-refractivity contribution in [3.8, 4) is 0 Å². The molecule has 13 heteroatoms. The second-order valence-electron chi connectivity index (χ2n) is 8.05. The van der Waals surface area contributed by atoms with Gasteiger partial charge >= 0.3 is 24.0 Å². The standard InChI is InChI=1S/C23H29N3O10/c1-12(2)21(30)25-18-20(34-15(5)29)19(33-14(4)28)17(11-32-13(3)27)35-22(18)26-36-23(31)24-16-9-7-6-8-10-16/h6-10,12,17-20H,11H2,1-5H3,(H,24,31)(H,25,30)/t17-,18-,19-,20-/m1/s1. The molecule has 0 radical (unpaired) electrons. The van der Waals surface area contributed by atoms with E-state index < -0.39 is 66.8 Å². The SMILES string of the molecule is CC(=O)OC[C@H]1OC(=NOC(=O)Nc2ccccc2)[C@H](NC(=O)C(C)C)[C@@H](OC(C)=O)[C@@H]1OC(C)=O. The van der Waals surface area contributed by atoms with Gasteiger partial charge in [-0.1, -0.05) is 32.0 Å². The van der Waals surface area contributed by atoms with E-state index in [4.69, 9.17) is 23.8 Å². The Morgan fingerprint density at radius 1 is 0.944 bits per heavy atom. The average Bonchev–Trinajstić information content (AvgIpc) is 2.79. The van der Waals surface area contributed by atoms with Crippen LogP contribution < -0.4 is 10.6 Å². The van der Waals surface area contributed by atoms with Crippen molar-refractivity contribution in [3.63, 3.8) is 0 Å². The third-order valence-electron chi connectivity index (χ3n) is 4.67. The second-order valence-corrected chi connectivity index (χ2v) is 8.05. The summed E-state index contributed by atoms with van der Waals surface area (Å²) in [5.74, 6) is -3.53. The number of ether oxygens (including phenoxy) is 4. The van der Waals surface area contributed by atoms with Crippen LogP contribution in [0.3, 0.4) is 0 Å². The zero-order valence-electron chi connectivity index (χ0n) is 20.5. The lowest BCUT2D eigenvalue weighted by molar-refractivity contribution is -0.186. The third-order valence-corrected chi connectivity index (χ3v) is 4.67. The van der Waals surface area contributed by atoms with E-state index in [2.05, 4.69) is 15.8 Å². The van der Waals surface area contributed by atoms with Gasteiger partial charge in [-0.25, -0.2) is 4.79 Å². The summed E-state index contributed by atoms with van der Waals surface area (Å²) in [6, 6.07) is 7.07. The van der Waals surface area contributed by atoms with Crippen molar-refractivity contribution in [3.05, 3.63) is 30.3 Å². The van der Waals surface area contributed by atoms with E-state index in [0.29, 0.717) is 5.69 Å². The molecular weight excluding hydrogens is 478 g/mol. The molecule has 13 nitrogen and oxygen atoms in total. The fourth-order valence-corrected chi connectivity index (χ4v) is 3.12. The molecule has 0 bridgehead atoms. The molecule has 2 rings (SSSR count). The lowest BCUT2D eigenvalue weighted by Crippen LogP contribution is -2.65. The molecule has 0 spiro atoms. The Hall–Kier alpha value is -4.16. The summed E-state index contributed by atoms with van der Waals surface area (Å²) < 4.78 is 21.4. The maximum atomic E-state index is 12.5. The summed E-state index contributed by atoms with van der Waals surface area (Å²) in [4.78, 5) is 64.8. The van der Waals surface area contributed by atoms with Gasteiger partial charge in [-0.3, -0.25) is 29.3 Å². The van der Waals surface area contributed by atoms with Crippen LogP contribution in [-0.4, -0.2) is 66.8 Å². The summed E-state index contributed by atoms with van der Waals surface area (Å²) in [5.41, 5.74) is 0.428. The summed E-state index contributed by atoms with van der Waals surface area (Å²) in [6.07, 6.45) is -4.86. The molecule has 1 heterocycles. The summed E-state index contributed by atoms with van der Waals surface area (Å²) in [5, 5.41) is 8.77. The van der Waals surface area contributed by atoms with Gasteiger partial charge in [0.1, 0.15) is 12.6 Å². The highest BCUT2D eigenvalue weighted by Gasteiger charge is 2.51. The molecule has 1 aromatic carbocycles. The number of esters is 3. The van der Waals surface area contributed by atoms with Gasteiger partial charge in [0.25, 0.3) is 5.90 Å².